The molecule has 0 unspecified atom stereocenters. The minimum absolute atomic E-state index is 0.0724. The Bertz CT molecular complexity index is 870. The first-order chi connectivity index (χ1) is 14.2. The largest absolute Gasteiger partial charge is 0.451 e. The fourth-order valence-electron chi connectivity index (χ4n) is 3.58. The number of rotatable bonds is 7. The molecule has 2 N–H and O–H groups in total. The van der Waals surface area contributed by atoms with Crippen LogP contribution >= 0.6 is 0 Å². The molecule has 162 valence electrons. The van der Waals surface area contributed by atoms with Gasteiger partial charge in [0.05, 0.1) is 0 Å². The second-order valence-electron chi connectivity index (χ2n) is 8.08. The Balaban J connectivity index is 1.94. The number of nitrogens with zero attached hydrogens (tertiary/aromatic N) is 2. The molecule has 0 aliphatic heterocycles. The molecule has 1 fully saturated rings. The number of nitriles is 1. The number of carbonyl (C=O) groups excluding carboxylic acids is 3. The topological polar surface area (TPSA) is 113 Å². The normalized spacial score (nSPS) is 14.5. The zero-order chi connectivity index (χ0) is 22.3. The molecule has 8 nitrogen and oxygen atoms in total. The number of esters is 1. The van der Waals surface area contributed by atoms with Gasteiger partial charge in [0.25, 0.3) is 5.91 Å². The number of hydrogen-bond acceptors (Lipinski definition) is 5. The number of urea groups is 1. The Kier molecular flexibility index (Phi) is 8.22. The van der Waals surface area contributed by atoms with Crippen molar-refractivity contribution in [1.82, 2.24) is 15.2 Å². The van der Waals surface area contributed by atoms with Gasteiger partial charge >= 0.3 is 12.0 Å². The Morgan fingerprint density at radius 3 is 2.57 bits per heavy atom. The molecular weight excluding hydrogens is 384 g/mol. The summed E-state index contributed by atoms with van der Waals surface area (Å²) < 4.78 is 7.05. The maximum absolute atomic E-state index is 12.2. The molecule has 0 radical (unpaired) electrons. The van der Waals surface area contributed by atoms with Crippen LogP contribution in [-0.2, 0) is 20.9 Å². The van der Waals surface area contributed by atoms with E-state index in [1.807, 2.05) is 26.0 Å². The second kappa shape index (κ2) is 10.6. The average molecular weight is 415 g/mol. The molecule has 0 bridgehead atoms. The molecule has 1 aromatic rings. The SMILES string of the molecule is Cc1cc(C=C(C#N)C(=O)OCC(=O)NC(=O)NC2CCCC2)c(C)n1CC(C)C. The summed E-state index contributed by atoms with van der Waals surface area (Å²) in [7, 11) is 0. The highest BCUT2D eigenvalue weighted by molar-refractivity contribution is 6.00. The van der Waals surface area contributed by atoms with Gasteiger partial charge in [0, 0.05) is 24.0 Å². The van der Waals surface area contributed by atoms with Gasteiger partial charge in [-0.3, -0.25) is 10.1 Å². The van der Waals surface area contributed by atoms with E-state index in [1.54, 1.807) is 0 Å². The summed E-state index contributed by atoms with van der Waals surface area (Å²) in [4.78, 5) is 35.9. The van der Waals surface area contributed by atoms with Gasteiger partial charge in [-0.15, -0.1) is 0 Å². The van der Waals surface area contributed by atoms with E-state index in [4.69, 9.17) is 4.74 Å². The zero-order valence-corrected chi connectivity index (χ0v) is 18.1. The Morgan fingerprint density at radius 1 is 1.30 bits per heavy atom. The molecule has 3 amide bonds. The van der Waals surface area contributed by atoms with Crippen LogP contribution in [0, 0.1) is 31.1 Å². The van der Waals surface area contributed by atoms with Crippen LogP contribution < -0.4 is 10.6 Å². The number of hydrogen-bond donors (Lipinski definition) is 2. The molecule has 1 aliphatic carbocycles. The predicted molar refractivity (Wildman–Crippen MR) is 112 cm³/mol. The Labute approximate surface area is 177 Å². The number of carbonyl (C=O) groups is 3. The summed E-state index contributed by atoms with van der Waals surface area (Å²) in [6.45, 7) is 8.33. The van der Waals surface area contributed by atoms with Gasteiger partial charge in [0.1, 0.15) is 11.6 Å². The van der Waals surface area contributed by atoms with Gasteiger partial charge in [-0.2, -0.15) is 5.26 Å². The van der Waals surface area contributed by atoms with Gasteiger partial charge in [0.2, 0.25) is 0 Å². The van der Waals surface area contributed by atoms with Crippen molar-refractivity contribution in [3.05, 3.63) is 28.6 Å². The Morgan fingerprint density at radius 2 is 1.97 bits per heavy atom. The van der Waals surface area contributed by atoms with Crippen LogP contribution in [0.5, 0.6) is 0 Å². The molecule has 1 aromatic heterocycles. The van der Waals surface area contributed by atoms with E-state index < -0.39 is 24.5 Å². The summed E-state index contributed by atoms with van der Waals surface area (Å²) in [5.74, 6) is -1.19. The lowest BCUT2D eigenvalue weighted by molar-refractivity contribution is -0.144. The van der Waals surface area contributed by atoms with Crippen molar-refractivity contribution in [2.75, 3.05) is 6.61 Å². The lowest BCUT2D eigenvalue weighted by atomic mass is 10.1. The monoisotopic (exact) mass is 414 g/mol. The Hall–Kier alpha value is -3.08. The summed E-state index contributed by atoms with van der Waals surface area (Å²) in [6, 6.07) is 3.20. The smallest absolute Gasteiger partial charge is 0.349 e. The zero-order valence-electron chi connectivity index (χ0n) is 18.1. The molecule has 2 rings (SSSR count). The molecule has 1 aliphatic rings. The van der Waals surface area contributed by atoms with Crippen molar-refractivity contribution in [2.45, 2.75) is 66.0 Å². The molecule has 8 heteroatoms. The van der Waals surface area contributed by atoms with Crippen molar-refractivity contribution >= 4 is 24.0 Å². The number of nitrogens with one attached hydrogen (secondary N) is 2. The molecular formula is C22H30N4O4. The molecule has 0 aromatic carbocycles. The number of aromatic nitrogens is 1. The van der Waals surface area contributed by atoms with Gasteiger partial charge in [0.15, 0.2) is 6.61 Å². The molecule has 0 atom stereocenters. The van der Waals surface area contributed by atoms with E-state index in [-0.39, 0.29) is 11.6 Å². The lowest BCUT2D eigenvalue weighted by Gasteiger charge is -2.12. The first-order valence-corrected chi connectivity index (χ1v) is 10.3. The predicted octanol–water partition coefficient (Wildman–Crippen LogP) is 2.98. The van der Waals surface area contributed by atoms with E-state index in [1.165, 1.54) is 6.08 Å². The fourth-order valence-corrected chi connectivity index (χ4v) is 3.58. The highest BCUT2D eigenvalue weighted by Gasteiger charge is 2.20. The van der Waals surface area contributed by atoms with Crippen LogP contribution in [0.15, 0.2) is 11.6 Å². The standard InChI is InChI=1S/C22H30N4O4/c1-14(2)12-26-15(3)9-17(16(26)4)10-18(11-23)21(28)30-13-20(27)25-22(29)24-19-7-5-6-8-19/h9-10,14,19H,5-8,12-13H2,1-4H3,(H2,24,25,27,29). The lowest BCUT2D eigenvalue weighted by Crippen LogP contribution is -2.45. The summed E-state index contributed by atoms with van der Waals surface area (Å²) in [6.07, 6.45) is 5.36. The minimum atomic E-state index is -0.905. The van der Waals surface area contributed by atoms with Crippen molar-refractivity contribution in [2.24, 2.45) is 5.92 Å². The summed E-state index contributed by atoms with van der Waals surface area (Å²) in [5.41, 5.74) is 2.53. The van der Waals surface area contributed by atoms with Gasteiger partial charge < -0.3 is 14.6 Å². The van der Waals surface area contributed by atoms with Gasteiger partial charge in [-0.25, -0.2) is 9.59 Å². The third-order valence-electron chi connectivity index (χ3n) is 5.08. The minimum Gasteiger partial charge on any atom is -0.451 e. The van der Waals surface area contributed by atoms with Crippen molar-refractivity contribution in [3.8, 4) is 6.07 Å². The van der Waals surface area contributed by atoms with E-state index in [0.717, 1.165) is 49.2 Å². The van der Waals surface area contributed by atoms with E-state index in [9.17, 15) is 19.6 Å². The van der Waals surface area contributed by atoms with Crippen molar-refractivity contribution < 1.29 is 19.1 Å². The maximum atomic E-state index is 12.2. The van der Waals surface area contributed by atoms with Crippen molar-refractivity contribution in [1.29, 1.82) is 5.26 Å². The summed E-state index contributed by atoms with van der Waals surface area (Å²) >= 11 is 0. The third-order valence-corrected chi connectivity index (χ3v) is 5.08. The molecule has 1 heterocycles. The average Bonchev–Trinajstić information content (AvgIpc) is 3.27. The second-order valence-corrected chi connectivity index (χ2v) is 8.08. The van der Waals surface area contributed by atoms with Crippen LogP contribution in [0.1, 0.15) is 56.5 Å². The highest BCUT2D eigenvalue weighted by Crippen LogP contribution is 2.20. The van der Waals surface area contributed by atoms with E-state index in [2.05, 4.69) is 29.0 Å². The van der Waals surface area contributed by atoms with Crippen LogP contribution in [0.4, 0.5) is 4.79 Å². The van der Waals surface area contributed by atoms with E-state index >= 15 is 0 Å². The first kappa shape index (κ1) is 23.2. The first-order valence-electron chi connectivity index (χ1n) is 10.3. The van der Waals surface area contributed by atoms with Crippen LogP contribution in [0.25, 0.3) is 6.08 Å². The van der Waals surface area contributed by atoms with Crippen LogP contribution in [0.3, 0.4) is 0 Å². The van der Waals surface area contributed by atoms with Crippen molar-refractivity contribution in [3.63, 3.8) is 0 Å². The number of aryl methyl sites for hydroxylation is 1. The molecule has 30 heavy (non-hydrogen) atoms. The van der Waals surface area contributed by atoms with Gasteiger partial charge in [-0.1, -0.05) is 26.7 Å². The van der Waals surface area contributed by atoms with Crippen LogP contribution in [0.2, 0.25) is 0 Å². The molecule has 0 saturated heterocycles. The van der Waals surface area contributed by atoms with Gasteiger partial charge in [-0.05, 0) is 50.3 Å². The van der Waals surface area contributed by atoms with Crippen LogP contribution in [-0.4, -0.2) is 35.1 Å². The highest BCUT2D eigenvalue weighted by atomic mass is 16.5. The third kappa shape index (κ3) is 6.48. The maximum Gasteiger partial charge on any atom is 0.349 e. The molecule has 0 spiro atoms. The summed E-state index contributed by atoms with van der Waals surface area (Å²) in [5, 5.41) is 14.2. The molecule has 1 saturated carbocycles. The fraction of sp³-hybridized carbons (Fsp3) is 0.545. The number of ether oxygens (including phenoxy) is 1. The van der Waals surface area contributed by atoms with E-state index in [0.29, 0.717) is 5.92 Å². The number of amides is 3. The quantitative estimate of drug-likeness (QED) is 0.405. The number of imide groups is 1.